The van der Waals surface area contributed by atoms with Gasteiger partial charge in [0.2, 0.25) is 0 Å². The smallest absolute Gasteiger partial charge is 0.507 e. The van der Waals surface area contributed by atoms with E-state index >= 15 is 0 Å². The van der Waals surface area contributed by atoms with Crippen molar-refractivity contribution in [2.45, 2.75) is 13.8 Å². The zero-order chi connectivity index (χ0) is 30.5. The molecule has 0 atom stereocenters. The second-order valence-electron chi connectivity index (χ2n) is 9.11. The van der Waals surface area contributed by atoms with Crippen LogP contribution >= 0.6 is 0 Å². The van der Waals surface area contributed by atoms with Gasteiger partial charge >= 0.3 is 21.7 Å². The molecule has 0 amide bonds. The van der Waals surface area contributed by atoms with Crippen LogP contribution in [-0.4, -0.2) is 43.1 Å². The molecule has 0 spiro atoms. The minimum atomic E-state index is -0.0764. The van der Waals surface area contributed by atoms with E-state index in [0.29, 0.717) is 22.5 Å². The van der Waals surface area contributed by atoms with Gasteiger partial charge in [0.05, 0.1) is 11.4 Å². The van der Waals surface area contributed by atoms with Crippen LogP contribution in [0.1, 0.15) is 22.3 Å². The molecule has 0 heterocycles. The Bertz CT molecular complexity index is 1520. The van der Waals surface area contributed by atoms with E-state index in [9.17, 15) is 10.2 Å². The van der Waals surface area contributed by atoms with Crippen LogP contribution in [0.25, 0.3) is 0 Å². The fourth-order valence-corrected chi connectivity index (χ4v) is 3.44. The molecule has 0 saturated carbocycles. The molecule has 6 N–H and O–H groups in total. The molecule has 0 unspecified atom stereocenters. The van der Waals surface area contributed by atoms with Crippen LogP contribution < -0.4 is 0 Å². The molecule has 0 aliphatic rings. The average Bonchev–Trinajstić information content (AvgIpc) is 2.98. The van der Waals surface area contributed by atoms with E-state index in [4.69, 9.17) is 20.4 Å². The molecule has 0 aromatic heterocycles. The van der Waals surface area contributed by atoms with Crippen LogP contribution in [-0.2, 0) is 21.7 Å². The Morgan fingerprint density at radius 3 is 1.02 bits per heavy atom. The first-order valence-corrected chi connectivity index (χ1v) is 12.8. The summed E-state index contributed by atoms with van der Waals surface area (Å²) >= 11 is 0. The Morgan fingerprint density at radius 2 is 0.721 bits per heavy atom. The van der Waals surface area contributed by atoms with Crippen LogP contribution in [0.2, 0.25) is 0 Å². The van der Waals surface area contributed by atoms with Crippen LogP contribution in [0, 0.1) is 13.8 Å². The van der Waals surface area contributed by atoms with Gasteiger partial charge in [0.25, 0.3) is 0 Å². The molecule has 8 nitrogen and oxygen atoms in total. The fraction of sp³-hybridized carbons (Fsp3) is 0.0588. The van der Waals surface area contributed by atoms with Crippen LogP contribution in [0.4, 0.5) is 11.4 Å². The summed E-state index contributed by atoms with van der Waals surface area (Å²) in [7, 11) is 0. The number of phenolic OH excluding ortho intramolecular Hbond substituents is 6. The van der Waals surface area contributed by atoms with E-state index in [1.54, 1.807) is 48.8 Å². The van der Waals surface area contributed by atoms with Gasteiger partial charge in [-0.2, -0.15) is 0 Å². The number of aromatic hydroxyl groups is 6. The number of nitrogens with zero attached hydrogens (tertiary/aromatic N) is 2. The molecule has 0 fully saturated rings. The van der Waals surface area contributed by atoms with Crippen molar-refractivity contribution in [1.29, 1.82) is 0 Å². The number of aryl methyl sites for hydroxylation is 2. The predicted molar refractivity (Wildman–Crippen MR) is 166 cm³/mol. The van der Waals surface area contributed by atoms with Crippen molar-refractivity contribution in [1.82, 2.24) is 0 Å². The molecule has 0 saturated heterocycles. The summed E-state index contributed by atoms with van der Waals surface area (Å²) in [6.07, 6.45) is 3.25. The molecule has 0 aliphatic heterocycles. The van der Waals surface area contributed by atoms with Gasteiger partial charge in [0, 0.05) is 23.6 Å². The molecule has 43 heavy (non-hydrogen) atoms. The summed E-state index contributed by atoms with van der Waals surface area (Å²) in [6, 6.07) is 30.5. The van der Waals surface area contributed by atoms with E-state index < -0.39 is 0 Å². The summed E-state index contributed by atoms with van der Waals surface area (Å²) in [5.74, 6) is 0.0648. The maximum atomic E-state index is 9.94. The third kappa shape index (κ3) is 11.0. The Morgan fingerprint density at radius 1 is 0.419 bits per heavy atom. The summed E-state index contributed by atoms with van der Waals surface area (Å²) in [4.78, 5) is 8.94. The van der Waals surface area contributed by atoms with E-state index in [-0.39, 0.29) is 56.2 Å². The van der Waals surface area contributed by atoms with Gasteiger partial charge in [-0.1, -0.05) is 59.7 Å². The number of rotatable bonds is 4. The number of para-hydroxylation sites is 6. The van der Waals surface area contributed by atoms with Gasteiger partial charge in [0.1, 0.15) is 11.5 Å². The molecule has 5 rings (SSSR count). The maximum Gasteiger partial charge on any atom is 4.00 e. The van der Waals surface area contributed by atoms with Crippen molar-refractivity contribution in [3.8, 4) is 34.5 Å². The van der Waals surface area contributed by atoms with Gasteiger partial charge in [-0.05, 0) is 74.5 Å². The second-order valence-corrected chi connectivity index (χ2v) is 9.11. The zero-order valence-electron chi connectivity index (χ0n) is 23.6. The summed E-state index contributed by atoms with van der Waals surface area (Å²) in [6.45, 7) is 3.92. The van der Waals surface area contributed by atoms with Gasteiger partial charge in [0.15, 0.2) is 23.0 Å². The number of phenols is 6. The van der Waals surface area contributed by atoms with Crippen molar-refractivity contribution < 1.29 is 52.4 Å². The maximum absolute atomic E-state index is 9.94. The molecular weight excluding hydrogens is 580 g/mol. The molecular formula is C34H32N2O6Ti+4. The van der Waals surface area contributed by atoms with Crippen LogP contribution in [0.15, 0.2) is 119 Å². The first kappa shape index (κ1) is 34.2. The monoisotopic (exact) mass is 612 g/mol. The molecule has 5 aromatic carbocycles. The van der Waals surface area contributed by atoms with Crippen LogP contribution in [0.5, 0.6) is 34.5 Å². The Kier molecular flexibility index (Phi) is 13.5. The molecule has 0 bridgehead atoms. The zero-order valence-corrected chi connectivity index (χ0v) is 25.2. The quantitative estimate of drug-likeness (QED) is 0.0708. The first-order chi connectivity index (χ1) is 20.1. The molecule has 0 aliphatic carbocycles. The Hall–Kier alpha value is -5.05. The van der Waals surface area contributed by atoms with E-state index in [1.807, 2.05) is 62.4 Å². The molecule has 5 aromatic rings. The number of hydrogen-bond donors (Lipinski definition) is 6. The summed E-state index contributed by atoms with van der Waals surface area (Å²) < 4.78 is 0. The third-order valence-corrected chi connectivity index (χ3v) is 5.70. The Labute approximate surface area is 265 Å². The summed E-state index contributed by atoms with van der Waals surface area (Å²) in [5.41, 5.74) is 4.75. The molecule has 214 valence electrons. The van der Waals surface area contributed by atoms with Gasteiger partial charge in [-0.25, -0.2) is 0 Å². The molecule has 0 radical (unpaired) electrons. The van der Waals surface area contributed by atoms with Gasteiger partial charge in [-0.3, -0.25) is 9.98 Å². The molecule has 9 heteroatoms. The predicted octanol–water partition coefficient (Wildman–Crippen LogP) is 7.41. The van der Waals surface area contributed by atoms with Crippen molar-refractivity contribution >= 4 is 23.8 Å². The van der Waals surface area contributed by atoms with E-state index in [2.05, 4.69) is 9.98 Å². The fourth-order valence-electron chi connectivity index (χ4n) is 3.44. The minimum Gasteiger partial charge on any atom is -0.507 e. The van der Waals surface area contributed by atoms with E-state index in [1.165, 1.54) is 24.3 Å². The minimum absolute atomic E-state index is 0. The Balaban J connectivity index is 0.000000309. The summed E-state index contributed by atoms with van der Waals surface area (Å²) in [5, 5.41) is 54.6. The van der Waals surface area contributed by atoms with Crippen molar-refractivity contribution in [2.75, 3.05) is 0 Å². The standard InChI is InChI=1S/C22H20N2O2.2C6H6O2.Ti/c1-15-7-9-21(25)17(11-15)13-23-19-5-3-4-6-20(19)24-14-18-12-16(2)8-10-22(18)26;2*7-5-3-1-2-4-6(5)8;/h3-14,25-26H,1-2H3;2*1-4,7-8H;/q;;;+4. The largest absolute Gasteiger partial charge is 4.00 e. The van der Waals surface area contributed by atoms with Gasteiger partial charge in [-0.15, -0.1) is 0 Å². The van der Waals surface area contributed by atoms with Crippen molar-refractivity contribution in [3.05, 3.63) is 131 Å². The topological polar surface area (TPSA) is 146 Å². The normalized spacial score (nSPS) is 10.3. The number of hydrogen-bond acceptors (Lipinski definition) is 8. The third-order valence-electron chi connectivity index (χ3n) is 5.70. The SMILES string of the molecule is Cc1ccc(O)c(C=Nc2ccccc2N=Cc2cc(C)ccc2O)c1.Oc1ccccc1O.Oc1ccccc1O.[Ti+4]. The van der Waals surface area contributed by atoms with Crippen molar-refractivity contribution in [2.24, 2.45) is 9.98 Å². The average molecular weight is 613 g/mol. The van der Waals surface area contributed by atoms with Crippen LogP contribution in [0.3, 0.4) is 0 Å². The first-order valence-electron chi connectivity index (χ1n) is 12.8. The number of aliphatic imine (C=N–C) groups is 2. The van der Waals surface area contributed by atoms with Gasteiger partial charge < -0.3 is 30.6 Å². The van der Waals surface area contributed by atoms with E-state index in [0.717, 1.165) is 11.1 Å². The van der Waals surface area contributed by atoms with Crippen molar-refractivity contribution in [3.63, 3.8) is 0 Å². The second kappa shape index (κ2) is 17.0. The number of benzene rings is 5.